The van der Waals surface area contributed by atoms with Crippen molar-refractivity contribution in [3.05, 3.63) is 118 Å². The minimum Gasteiger partial charge on any atom is -0.289 e. The molecular weight excluding hydrogens is 504 g/mol. The topological polar surface area (TPSA) is 52.0 Å². The Balaban J connectivity index is 1.54. The zero-order valence-electron chi connectivity index (χ0n) is 21.2. The van der Waals surface area contributed by atoms with Gasteiger partial charge in [-0.25, -0.2) is 4.68 Å². The number of hydrogen-bond acceptors (Lipinski definition) is 3. The van der Waals surface area contributed by atoms with Crippen molar-refractivity contribution in [2.24, 2.45) is 0 Å². The summed E-state index contributed by atoms with van der Waals surface area (Å²) in [6.45, 7) is 4.35. The Hall–Kier alpha value is -4.54. The van der Waals surface area contributed by atoms with Crippen LogP contribution < -0.4 is 0 Å². The fourth-order valence-electron chi connectivity index (χ4n) is 6.40. The molecule has 6 aromatic rings. The van der Waals surface area contributed by atoms with Crippen LogP contribution in [0.15, 0.2) is 84.9 Å². The van der Waals surface area contributed by atoms with Crippen molar-refractivity contribution in [1.29, 1.82) is 0 Å². The number of carbonyl (C=O) groups is 2. The largest absolute Gasteiger partial charge is 0.289 e. The quantitative estimate of drug-likeness (QED) is 0.228. The Morgan fingerprint density at radius 2 is 1.33 bits per heavy atom. The molecule has 0 spiro atoms. The first kappa shape index (κ1) is 22.4. The summed E-state index contributed by atoms with van der Waals surface area (Å²) in [7, 11) is 0. The summed E-state index contributed by atoms with van der Waals surface area (Å²) in [6, 6.07) is 27.2. The third-order valence-electron chi connectivity index (χ3n) is 8.14. The van der Waals surface area contributed by atoms with Gasteiger partial charge in [-0.1, -0.05) is 80.0 Å². The molecule has 0 bridgehead atoms. The second kappa shape index (κ2) is 7.75. The molecule has 2 aliphatic carbocycles. The zero-order chi connectivity index (χ0) is 26.6. The molecule has 0 saturated heterocycles. The summed E-state index contributed by atoms with van der Waals surface area (Å²) >= 11 is 6.39. The van der Waals surface area contributed by atoms with Crippen molar-refractivity contribution in [3.8, 4) is 28.1 Å². The molecule has 0 aliphatic heterocycles. The molecule has 0 amide bonds. The molecule has 0 N–H and O–H groups in total. The van der Waals surface area contributed by atoms with Gasteiger partial charge in [0.15, 0.2) is 11.6 Å². The molecule has 4 nitrogen and oxygen atoms in total. The highest BCUT2D eigenvalue weighted by atomic mass is 35.5. The number of rotatable bonds is 2. The van der Waals surface area contributed by atoms with Crippen molar-refractivity contribution in [2.75, 3.05) is 0 Å². The highest BCUT2D eigenvalue weighted by Gasteiger charge is 2.32. The lowest BCUT2D eigenvalue weighted by molar-refractivity contribution is 0.103. The molecule has 5 heteroatoms. The van der Waals surface area contributed by atoms with Crippen LogP contribution in [0.2, 0.25) is 5.02 Å². The van der Waals surface area contributed by atoms with Crippen LogP contribution in [-0.2, 0) is 0 Å². The number of nitrogens with zero attached hydrogens (tertiary/aromatic N) is 2. The SMILES string of the molecule is CC(C)c1cc2c3c(cccc3c1-n1nc3c4c(cccc41)C(=O)c1ccc(Cl)cc1-3)C(=O)c1ccccc1-2. The van der Waals surface area contributed by atoms with Crippen molar-refractivity contribution in [3.63, 3.8) is 0 Å². The fourth-order valence-corrected chi connectivity index (χ4v) is 6.58. The van der Waals surface area contributed by atoms with Crippen LogP contribution in [0.1, 0.15) is 57.2 Å². The van der Waals surface area contributed by atoms with Gasteiger partial charge < -0.3 is 0 Å². The third-order valence-corrected chi connectivity index (χ3v) is 8.37. The molecule has 2 aliphatic rings. The van der Waals surface area contributed by atoms with Crippen LogP contribution in [0.5, 0.6) is 0 Å². The first-order chi connectivity index (χ1) is 18.9. The van der Waals surface area contributed by atoms with Crippen molar-refractivity contribution >= 4 is 44.8 Å². The lowest BCUT2D eigenvalue weighted by atomic mass is 9.80. The van der Waals surface area contributed by atoms with E-state index in [4.69, 9.17) is 16.7 Å². The highest BCUT2D eigenvalue weighted by Crippen LogP contribution is 2.46. The van der Waals surface area contributed by atoms with E-state index in [-0.39, 0.29) is 17.5 Å². The summed E-state index contributed by atoms with van der Waals surface area (Å²) < 4.78 is 1.97. The third kappa shape index (κ3) is 2.87. The molecule has 0 unspecified atom stereocenters. The van der Waals surface area contributed by atoms with E-state index in [1.807, 2.05) is 65.3 Å². The first-order valence-corrected chi connectivity index (χ1v) is 13.4. The Kier molecular flexibility index (Phi) is 4.46. The van der Waals surface area contributed by atoms with Crippen LogP contribution in [0.25, 0.3) is 49.7 Å². The zero-order valence-corrected chi connectivity index (χ0v) is 22.0. The van der Waals surface area contributed by atoms with Gasteiger partial charge in [0.2, 0.25) is 0 Å². The summed E-state index contributed by atoms with van der Waals surface area (Å²) in [4.78, 5) is 27.1. The smallest absolute Gasteiger partial charge is 0.194 e. The van der Waals surface area contributed by atoms with Gasteiger partial charge in [-0.3, -0.25) is 9.59 Å². The van der Waals surface area contributed by atoms with E-state index in [2.05, 4.69) is 26.0 Å². The fraction of sp³-hybridized carbons (Fsp3) is 0.0882. The van der Waals surface area contributed by atoms with E-state index in [0.717, 1.165) is 60.9 Å². The molecule has 5 aromatic carbocycles. The van der Waals surface area contributed by atoms with Crippen LogP contribution in [0.3, 0.4) is 0 Å². The minimum atomic E-state index is -0.0255. The molecule has 0 radical (unpaired) electrons. The number of ketones is 2. The van der Waals surface area contributed by atoms with Gasteiger partial charge >= 0.3 is 0 Å². The predicted molar refractivity (Wildman–Crippen MR) is 155 cm³/mol. The monoisotopic (exact) mass is 524 g/mol. The van der Waals surface area contributed by atoms with Gasteiger partial charge in [-0.05, 0) is 52.9 Å². The summed E-state index contributed by atoms with van der Waals surface area (Å²) in [5.41, 5.74) is 9.10. The van der Waals surface area contributed by atoms with E-state index in [1.54, 1.807) is 12.1 Å². The van der Waals surface area contributed by atoms with Gasteiger partial charge in [0.1, 0.15) is 5.69 Å². The molecule has 1 heterocycles. The second-order valence-electron chi connectivity index (χ2n) is 10.6. The summed E-state index contributed by atoms with van der Waals surface area (Å²) in [5.74, 6) is 0.184. The summed E-state index contributed by atoms with van der Waals surface area (Å²) in [6.07, 6.45) is 0. The van der Waals surface area contributed by atoms with Gasteiger partial charge in [-0.15, -0.1) is 0 Å². The van der Waals surface area contributed by atoms with Crippen molar-refractivity contribution in [2.45, 2.75) is 19.8 Å². The maximum atomic E-state index is 13.6. The highest BCUT2D eigenvalue weighted by molar-refractivity contribution is 6.32. The average molecular weight is 525 g/mol. The van der Waals surface area contributed by atoms with Crippen LogP contribution in [0.4, 0.5) is 0 Å². The molecule has 39 heavy (non-hydrogen) atoms. The van der Waals surface area contributed by atoms with Gasteiger partial charge in [-0.2, -0.15) is 5.10 Å². The predicted octanol–water partition coefficient (Wildman–Crippen LogP) is 8.38. The number of hydrogen-bond donors (Lipinski definition) is 0. The average Bonchev–Trinajstić information content (AvgIpc) is 3.34. The lowest BCUT2D eigenvalue weighted by Crippen LogP contribution is -2.13. The van der Waals surface area contributed by atoms with E-state index < -0.39 is 0 Å². The van der Waals surface area contributed by atoms with E-state index in [9.17, 15) is 9.59 Å². The first-order valence-electron chi connectivity index (χ1n) is 13.0. The normalized spacial score (nSPS) is 13.3. The van der Waals surface area contributed by atoms with Crippen LogP contribution in [-0.4, -0.2) is 21.3 Å². The molecule has 8 rings (SSSR count). The molecule has 1 aromatic heterocycles. The standard InChI is InChI=1S/C34H21ClN2O2/c1-17(2)25-16-26-19-7-3-4-8-20(19)33(38)23-10-5-9-22(29(23)26)32(25)37-28-12-6-11-24-30(28)31(36-37)27-15-18(35)13-14-21(27)34(24)39/h3-17H,1-2H3. The Bertz CT molecular complexity index is 2100. The number of benzene rings is 5. The van der Waals surface area contributed by atoms with Crippen LogP contribution in [0, 0.1) is 0 Å². The summed E-state index contributed by atoms with van der Waals surface area (Å²) in [5, 5.41) is 8.48. The Morgan fingerprint density at radius 3 is 2.10 bits per heavy atom. The maximum Gasteiger partial charge on any atom is 0.194 e. The van der Waals surface area contributed by atoms with Crippen molar-refractivity contribution < 1.29 is 9.59 Å². The van der Waals surface area contributed by atoms with E-state index in [1.165, 1.54) is 0 Å². The molecule has 0 saturated carbocycles. The Labute approximate surface area is 229 Å². The van der Waals surface area contributed by atoms with Crippen LogP contribution >= 0.6 is 11.6 Å². The van der Waals surface area contributed by atoms with E-state index >= 15 is 0 Å². The molecule has 0 fully saturated rings. The van der Waals surface area contributed by atoms with Gasteiger partial charge in [0, 0.05) is 49.0 Å². The molecular formula is C34H21ClN2O2. The number of aromatic nitrogens is 2. The molecule has 0 atom stereocenters. The number of carbonyl (C=O) groups excluding carboxylic acids is 2. The van der Waals surface area contributed by atoms with Gasteiger partial charge in [0.25, 0.3) is 0 Å². The van der Waals surface area contributed by atoms with Gasteiger partial charge in [0.05, 0.1) is 11.2 Å². The Morgan fingerprint density at radius 1 is 0.667 bits per heavy atom. The van der Waals surface area contributed by atoms with Crippen molar-refractivity contribution in [1.82, 2.24) is 9.78 Å². The number of fused-ring (bicyclic) bond motifs is 4. The minimum absolute atomic E-state index is 0.0255. The van der Waals surface area contributed by atoms with E-state index in [0.29, 0.717) is 21.7 Å². The second-order valence-corrected chi connectivity index (χ2v) is 11.0. The lowest BCUT2D eigenvalue weighted by Gasteiger charge is -2.25. The maximum absolute atomic E-state index is 13.6. The molecule has 186 valence electrons. The number of halogens is 1.